The maximum absolute atomic E-state index is 6.41. The Bertz CT molecular complexity index is 957. The van der Waals surface area contributed by atoms with E-state index >= 15 is 0 Å². The van der Waals surface area contributed by atoms with E-state index in [0.29, 0.717) is 0 Å². The normalized spacial score (nSPS) is 11.5. The fourth-order valence-corrected chi connectivity index (χ4v) is 3.12. The number of anilines is 1. The van der Waals surface area contributed by atoms with E-state index in [2.05, 4.69) is 72.8 Å². The molecule has 1 heteroatoms. The highest BCUT2D eigenvalue weighted by Crippen LogP contribution is 2.35. The minimum Gasteiger partial charge on any atom is -0.398 e. The molecule has 0 bridgehead atoms. The average Bonchev–Trinajstić information content (AvgIpc) is 2.63. The second-order valence-corrected chi connectivity index (χ2v) is 5.66. The lowest BCUT2D eigenvalue weighted by molar-refractivity contribution is 1.66. The van der Waals surface area contributed by atoms with Crippen molar-refractivity contribution in [3.8, 4) is 0 Å². The van der Waals surface area contributed by atoms with Gasteiger partial charge in [-0.05, 0) is 21.9 Å². The molecule has 0 aliphatic rings. The zero-order valence-electron chi connectivity index (χ0n) is 12.7. The zero-order chi connectivity index (χ0) is 15.6. The van der Waals surface area contributed by atoms with Crippen molar-refractivity contribution < 1.29 is 0 Å². The Morgan fingerprint density at radius 1 is 0.522 bits per heavy atom. The molecule has 2 N–H and O–H groups in total. The molecule has 23 heavy (non-hydrogen) atoms. The topological polar surface area (TPSA) is 26.0 Å². The van der Waals surface area contributed by atoms with E-state index in [0.717, 1.165) is 16.5 Å². The van der Waals surface area contributed by atoms with E-state index in [1.807, 2.05) is 18.2 Å². The van der Waals surface area contributed by atoms with Crippen LogP contribution in [0.5, 0.6) is 0 Å². The molecule has 4 aromatic carbocycles. The smallest absolute Gasteiger partial charge is 0.0473 e. The molecule has 0 aliphatic heterocycles. The van der Waals surface area contributed by atoms with E-state index in [1.54, 1.807) is 0 Å². The summed E-state index contributed by atoms with van der Waals surface area (Å²) >= 11 is 0. The first-order chi connectivity index (χ1) is 11.3. The summed E-state index contributed by atoms with van der Waals surface area (Å²) in [4.78, 5) is 0. The number of fused-ring (bicyclic) bond motifs is 2. The summed E-state index contributed by atoms with van der Waals surface area (Å²) in [6, 6.07) is 27.0. The van der Waals surface area contributed by atoms with Gasteiger partial charge in [-0.15, -0.1) is 0 Å². The van der Waals surface area contributed by atoms with Gasteiger partial charge >= 0.3 is 0 Å². The first-order valence-electron chi connectivity index (χ1n) is 7.76. The summed E-state index contributed by atoms with van der Waals surface area (Å²) < 4.78 is 0. The van der Waals surface area contributed by atoms with Gasteiger partial charge in [-0.3, -0.25) is 0 Å². The lowest BCUT2D eigenvalue weighted by atomic mass is 9.94. The molecule has 0 fully saturated rings. The van der Waals surface area contributed by atoms with E-state index in [4.69, 9.17) is 5.73 Å². The van der Waals surface area contributed by atoms with E-state index < -0.39 is 0 Å². The van der Waals surface area contributed by atoms with Gasteiger partial charge in [-0.25, -0.2) is 0 Å². The molecule has 0 atom stereocenters. The molecular weight excluding hydrogens is 278 g/mol. The SMILES string of the molecule is Nc1c2ccccc2c(C=Cc2ccccc2)c2ccccc12. The molecule has 0 radical (unpaired) electrons. The van der Waals surface area contributed by atoms with Gasteiger partial charge in [-0.1, -0.05) is 91.0 Å². The Labute approximate surface area is 135 Å². The third-order valence-electron chi connectivity index (χ3n) is 4.26. The van der Waals surface area contributed by atoms with Crippen molar-refractivity contribution in [2.75, 3.05) is 5.73 Å². The Morgan fingerprint density at radius 3 is 1.57 bits per heavy atom. The molecule has 1 nitrogen and oxygen atoms in total. The maximum Gasteiger partial charge on any atom is 0.0473 e. The Kier molecular flexibility index (Phi) is 3.32. The standard InChI is InChI=1S/C22H17N/c23-22-20-12-6-4-10-17(20)19(18-11-5-7-13-21(18)22)15-14-16-8-2-1-3-9-16/h1-15H,23H2. The van der Waals surface area contributed by atoms with Crippen LogP contribution in [0.4, 0.5) is 5.69 Å². The van der Waals surface area contributed by atoms with Crippen molar-refractivity contribution in [3.05, 3.63) is 90.0 Å². The van der Waals surface area contributed by atoms with Crippen LogP contribution in [0.2, 0.25) is 0 Å². The molecule has 0 unspecified atom stereocenters. The molecule has 110 valence electrons. The molecule has 0 amide bonds. The van der Waals surface area contributed by atoms with Crippen LogP contribution in [0.25, 0.3) is 33.7 Å². The number of rotatable bonds is 2. The lowest BCUT2D eigenvalue weighted by Crippen LogP contribution is -1.92. The highest BCUT2D eigenvalue weighted by atomic mass is 14.6. The largest absolute Gasteiger partial charge is 0.398 e. The summed E-state index contributed by atoms with van der Waals surface area (Å²) in [7, 11) is 0. The van der Waals surface area contributed by atoms with Crippen LogP contribution < -0.4 is 5.73 Å². The van der Waals surface area contributed by atoms with Gasteiger partial charge in [0.1, 0.15) is 0 Å². The molecular formula is C22H17N. The van der Waals surface area contributed by atoms with Crippen molar-refractivity contribution in [3.63, 3.8) is 0 Å². The fraction of sp³-hybridized carbons (Fsp3) is 0. The van der Waals surface area contributed by atoms with Crippen LogP contribution in [0.1, 0.15) is 11.1 Å². The van der Waals surface area contributed by atoms with Crippen molar-refractivity contribution in [1.82, 2.24) is 0 Å². The number of nitrogen functional groups attached to an aromatic ring is 1. The second-order valence-electron chi connectivity index (χ2n) is 5.66. The lowest BCUT2D eigenvalue weighted by Gasteiger charge is -2.12. The molecule has 0 saturated heterocycles. The number of hydrogen-bond donors (Lipinski definition) is 1. The molecule has 0 heterocycles. The third-order valence-corrected chi connectivity index (χ3v) is 4.26. The first-order valence-corrected chi connectivity index (χ1v) is 7.76. The summed E-state index contributed by atoms with van der Waals surface area (Å²) in [5, 5.41) is 4.60. The van der Waals surface area contributed by atoms with Gasteiger partial charge in [0.05, 0.1) is 0 Å². The van der Waals surface area contributed by atoms with Gasteiger partial charge in [0.25, 0.3) is 0 Å². The van der Waals surface area contributed by atoms with Crippen molar-refractivity contribution in [1.29, 1.82) is 0 Å². The second kappa shape index (κ2) is 5.62. The first kappa shape index (κ1) is 13.6. The molecule has 0 saturated carbocycles. The Balaban J connectivity index is 2.03. The average molecular weight is 295 g/mol. The van der Waals surface area contributed by atoms with Gasteiger partial charge in [0, 0.05) is 16.5 Å². The van der Waals surface area contributed by atoms with E-state index in [9.17, 15) is 0 Å². The quantitative estimate of drug-likeness (QED) is 0.284. The van der Waals surface area contributed by atoms with Crippen molar-refractivity contribution >= 4 is 39.4 Å². The highest BCUT2D eigenvalue weighted by Gasteiger charge is 2.09. The highest BCUT2D eigenvalue weighted by molar-refractivity contribution is 6.16. The molecule has 4 rings (SSSR count). The monoisotopic (exact) mass is 295 g/mol. The molecule has 4 aromatic rings. The van der Waals surface area contributed by atoms with E-state index in [-0.39, 0.29) is 0 Å². The summed E-state index contributed by atoms with van der Waals surface area (Å²) in [6.45, 7) is 0. The van der Waals surface area contributed by atoms with Gasteiger partial charge in [0.2, 0.25) is 0 Å². The van der Waals surface area contributed by atoms with E-state index in [1.165, 1.54) is 21.9 Å². The zero-order valence-corrected chi connectivity index (χ0v) is 12.7. The predicted molar refractivity (Wildman–Crippen MR) is 101 cm³/mol. The van der Waals surface area contributed by atoms with Crippen molar-refractivity contribution in [2.45, 2.75) is 0 Å². The van der Waals surface area contributed by atoms with Crippen LogP contribution in [0.15, 0.2) is 78.9 Å². The van der Waals surface area contributed by atoms with Gasteiger partial charge < -0.3 is 5.73 Å². The van der Waals surface area contributed by atoms with Crippen molar-refractivity contribution in [2.24, 2.45) is 0 Å². The summed E-state index contributed by atoms with van der Waals surface area (Å²) in [5.74, 6) is 0. The molecule has 0 aromatic heterocycles. The number of nitrogens with two attached hydrogens (primary N) is 1. The minimum atomic E-state index is 0.855. The Morgan fingerprint density at radius 2 is 1.00 bits per heavy atom. The fourth-order valence-electron chi connectivity index (χ4n) is 3.12. The molecule has 0 spiro atoms. The Hall–Kier alpha value is -3.06. The number of hydrogen-bond acceptors (Lipinski definition) is 1. The maximum atomic E-state index is 6.41. The third kappa shape index (κ3) is 2.36. The van der Waals surface area contributed by atoms with Crippen LogP contribution >= 0.6 is 0 Å². The predicted octanol–water partition coefficient (Wildman–Crippen LogP) is 5.75. The molecule has 0 aliphatic carbocycles. The van der Waals surface area contributed by atoms with Crippen LogP contribution in [-0.4, -0.2) is 0 Å². The van der Waals surface area contributed by atoms with Crippen LogP contribution in [-0.2, 0) is 0 Å². The van der Waals surface area contributed by atoms with Gasteiger partial charge in [-0.2, -0.15) is 0 Å². The van der Waals surface area contributed by atoms with Crippen LogP contribution in [0.3, 0.4) is 0 Å². The summed E-state index contributed by atoms with van der Waals surface area (Å²) in [6.07, 6.45) is 4.35. The number of benzene rings is 4. The minimum absolute atomic E-state index is 0.855. The van der Waals surface area contributed by atoms with Gasteiger partial charge in [0.15, 0.2) is 0 Å². The summed E-state index contributed by atoms with van der Waals surface area (Å²) in [5.41, 5.74) is 9.67. The van der Waals surface area contributed by atoms with Crippen LogP contribution in [0, 0.1) is 0 Å².